The third-order valence-electron chi connectivity index (χ3n) is 3.36. The number of hydrogen-bond donors (Lipinski definition) is 2. The summed E-state index contributed by atoms with van der Waals surface area (Å²) in [6.07, 6.45) is 8.95. The van der Waals surface area contributed by atoms with Gasteiger partial charge in [-0.05, 0) is 19.3 Å². The van der Waals surface area contributed by atoms with E-state index >= 15 is 0 Å². The minimum Gasteiger partial charge on any atom is -0.480 e. The van der Waals surface area contributed by atoms with Gasteiger partial charge in [0, 0.05) is 12.6 Å². The van der Waals surface area contributed by atoms with E-state index < -0.39 is 5.97 Å². The van der Waals surface area contributed by atoms with Crippen molar-refractivity contribution in [1.82, 2.24) is 10.2 Å². The van der Waals surface area contributed by atoms with Gasteiger partial charge in [0.2, 0.25) is 0 Å². The first-order chi connectivity index (χ1) is 9.15. The Balaban J connectivity index is 2.09. The van der Waals surface area contributed by atoms with E-state index in [4.69, 9.17) is 5.11 Å². The number of carboxylic acids is 1. The van der Waals surface area contributed by atoms with Gasteiger partial charge in [-0.25, -0.2) is 4.79 Å². The van der Waals surface area contributed by atoms with Gasteiger partial charge in [-0.1, -0.05) is 39.0 Å². The number of rotatable bonds is 10. The molecule has 1 saturated carbocycles. The molecule has 1 rings (SSSR count). The van der Waals surface area contributed by atoms with Crippen LogP contribution in [-0.4, -0.2) is 41.1 Å². The first-order valence-electron chi connectivity index (χ1n) is 7.41. The predicted molar refractivity (Wildman–Crippen MR) is 74.1 cm³/mol. The van der Waals surface area contributed by atoms with Gasteiger partial charge >= 0.3 is 12.0 Å². The summed E-state index contributed by atoms with van der Waals surface area (Å²) in [5.41, 5.74) is 0. The fourth-order valence-corrected chi connectivity index (χ4v) is 2.10. The van der Waals surface area contributed by atoms with Crippen molar-refractivity contribution in [3.05, 3.63) is 0 Å². The monoisotopic (exact) mass is 270 g/mol. The quantitative estimate of drug-likeness (QED) is 0.599. The highest BCUT2D eigenvalue weighted by molar-refractivity contribution is 5.80. The minimum atomic E-state index is -0.943. The van der Waals surface area contributed by atoms with Crippen molar-refractivity contribution in [3.8, 4) is 0 Å². The Morgan fingerprint density at radius 3 is 2.37 bits per heavy atom. The van der Waals surface area contributed by atoms with Crippen LogP contribution in [0.3, 0.4) is 0 Å². The number of nitrogens with zero attached hydrogens (tertiary/aromatic N) is 1. The summed E-state index contributed by atoms with van der Waals surface area (Å²) >= 11 is 0. The predicted octanol–water partition coefficient (Wildman–Crippen LogP) is 2.61. The number of carboxylic acid groups (broad SMARTS) is 1. The van der Waals surface area contributed by atoms with E-state index in [-0.39, 0.29) is 18.6 Å². The minimum absolute atomic E-state index is 0.139. The van der Waals surface area contributed by atoms with Crippen LogP contribution in [0.1, 0.15) is 58.3 Å². The molecule has 5 heteroatoms. The second-order valence-electron chi connectivity index (χ2n) is 5.25. The summed E-state index contributed by atoms with van der Waals surface area (Å²) < 4.78 is 0. The third kappa shape index (κ3) is 7.03. The molecular weight excluding hydrogens is 244 g/mol. The maximum Gasteiger partial charge on any atom is 0.323 e. The second kappa shape index (κ2) is 8.77. The molecule has 5 nitrogen and oxygen atoms in total. The lowest BCUT2D eigenvalue weighted by molar-refractivity contribution is -0.137. The van der Waals surface area contributed by atoms with Crippen molar-refractivity contribution in [2.75, 3.05) is 13.1 Å². The van der Waals surface area contributed by atoms with Gasteiger partial charge < -0.3 is 15.3 Å². The lowest BCUT2D eigenvalue weighted by Crippen LogP contribution is -2.44. The SMILES string of the molecule is CCCCCCCCNC(=O)N(CC(=O)O)C1CC1. The number of unbranched alkanes of at least 4 members (excludes halogenated alkanes) is 5. The summed E-state index contributed by atoms with van der Waals surface area (Å²) in [6.45, 7) is 2.65. The van der Waals surface area contributed by atoms with Crippen molar-refractivity contribution >= 4 is 12.0 Å². The molecule has 0 aromatic carbocycles. The molecule has 0 atom stereocenters. The number of amides is 2. The van der Waals surface area contributed by atoms with Crippen LogP contribution < -0.4 is 5.32 Å². The topological polar surface area (TPSA) is 69.6 Å². The molecule has 2 amide bonds. The number of carbonyl (C=O) groups is 2. The van der Waals surface area contributed by atoms with Crippen molar-refractivity contribution < 1.29 is 14.7 Å². The normalized spacial score (nSPS) is 14.2. The Labute approximate surface area is 115 Å². The van der Waals surface area contributed by atoms with Crippen LogP contribution in [0.4, 0.5) is 4.79 Å². The van der Waals surface area contributed by atoms with E-state index in [1.54, 1.807) is 0 Å². The standard InChI is InChI=1S/C14H26N2O3/c1-2-3-4-5-6-7-10-15-14(19)16(11-13(17)18)12-8-9-12/h12H,2-11H2,1H3,(H,15,19)(H,17,18). The zero-order valence-electron chi connectivity index (χ0n) is 11.9. The zero-order chi connectivity index (χ0) is 14.1. The van der Waals surface area contributed by atoms with Crippen molar-refractivity contribution in [2.45, 2.75) is 64.3 Å². The molecule has 0 heterocycles. The Bertz CT molecular complexity index is 290. The van der Waals surface area contributed by atoms with Crippen molar-refractivity contribution in [2.24, 2.45) is 0 Å². The molecule has 0 spiro atoms. The van der Waals surface area contributed by atoms with Crippen molar-refractivity contribution in [1.29, 1.82) is 0 Å². The largest absolute Gasteiger partial charge is 0.480 e. The Morgan fingerprint density at radius 2 is 1.79 bits per heavy atom. The maximum absolute atomic E-state index is 11.8. The van der Waals surface area contributed by atoms with Crippen LogP contribution in [0.25, 0.3) is 0 Å². The number of urea groups is 1. The van der Waals surface area contributed by atoms with Crippen LogP contribution in [0, 0.1) is 0 Å². The fraction of sp³-hybridized carbons (Fsp3) is 0.857. The first kappa shape index (κ1) is 15.8. The molecule has 0 radical (unpaired) electrons. The van der Waals surface area contributed by atoms with Crippen molar-refractivity contribution in [3.63, 3.8) is 0 Å². The van der Waals surface area contributed by atoms with Gasteiger partial charge in [0.05, 0.1) is 0 Å². The molecule has 0 aromatic rings. The Morgan fingerprint density at radius 1 is 1.16 bits per heavy atom. The van der Waals surface area contributed by atoms with E-state index in [0.717, 1.165) is 25.7 Å². The first-order valence-corrected chi connectivity index (χ1v) is 7.41. The molecule has 1 aliphatic carbocycles. The molecule has 0 bridgehead atoms. The maximum atomic E-state index is 11.8. The van der Waals surface area contributed by atoms with Crippen LogP contribution in [0.5, 0.6) is 0 Å². The van der Waals surface area contributed by atoms with Gasteiger partial charge in [-0.15, -0.1) is 0 Å². The number of aliphatic carboxylic acids is 1. The second-order valence-corrected chi connectivity index (χ2v) is 5.25. The average Bonchev–Trinajstić information content (AvgIpc) is 3.18. The molecule has 1 fully saturated rings. The van der Waals surface area contributed by atoms with Crippen LogP contribution in [-0.2, 0) is 4.79 Å². The van der Waals surface area contributed by atoms with Gasteiger partial charge in [0.15, 0.2) is 0 Å². The van der Waals surface area contributed by atoms with Gasteiger partial charge in [-0.2, -0.15) is 0 Å². The average molecular weight is 270 g/mol. The molecule has 0 saturated heterocycles. The van der Waals surface area contributed by atoms with E-state index in [2.05, 4.69) is 12.2 Å². The number of hydrogen-bond acceptors (Lipinski definition) is 2. The third-order valence-corrected chi connectivity index (χ3v) is 3.36. The zero-order valence-corrected chi connectivity index (χ0v) is 11.9. The van der Waals surface area contributed by atoms with Crippen LogP contribution >= 0.6 is 0 Å². The van der Waals surface area contributed by atoms with Gasteiger partial charge in [0.1, 0.15) is 6.54 Å². The van der Waals surface area contributed by atoms with E-state index in [1.807, 2.05) is 0 Å². The summed E-state index contributed by atoms with van der Waals surface area (Å²) in [4.78, 5) is 24.0. The number of carbonyl (C=O) groups excluding carboxylic acids is 1. The molecular formula is C14H26N2O3. The summed E-state index contributed by atoms with van der Waals surface area (Å²) in [5, 5.41) is 11.6. The molecule has 0 aromatic heterocycles. The highest BCUT2D eigenvalue weighted by atomic mass is 16.4. The summed E-state index contributed by atoms with van der Waals surface area (Å²) in [6, 6.07) is -0.0842. The molecule has 0 aliphatic heterocycles. The highest BCUT2D eigenvalue weighted by Gasteiger charge is 2.33. The van der Waals surface area contributed by atoms with Gasteiger partial charge in [-0.3, -0.25) is 4.79 Å². The number of nitrogens with one attached hydrogen (secondary N) is 1. The molecule has 1 aliphatic rings. The van der Waals surface area contributed by atoms with Gasteiger partial charge in [0.25, 0.3) is 0 Å². The van der Waals surface area contributed by atoms with Crippen LogP contribution in [0.2, 0.25) is 0 Å². The highest BCUT2D eigenvalue weighted by Crippen LogP contribution is 2.26. The lowest BCUT2D eigenvalue weighted by atomic mass is 10.1. The molecule has 19 heavy (non-hydrogen) atoms. The summed E-state index contributed by atoms with van der Waals surface area (Å²) in [5.74, 6) is -0.943. The molecule has 0 unspecified atom stereocenters. The fourth-order valence-electron chi connectivity index (χ4n) is 2.10. The molecule has 110 valence electrons. The van der Waals surface area contributed by atoms with E-state index in [1.165, 1.54) is 30.6 Å². The molecule has 2 N–H and O–H groups in total. The Hall–Kier alpha value is -1.26. The van der Waals surface area contributed by atoms with Crippen LogP contribution in [0.15, 0.2) is 0 Å². The Kier molecular flexibility index (Phi) is 7.30. The smallest absolute Gasteiger partial charge is 0.323 e. The lowest BCUT2D eigenvalue weighted by Gasteiger charge is -2.20. The van der Waals surface area contributed by atoms with E-state index in [0.29, 0.717) is 6.54 Å². The van der Waals surface area contributed by atoms with E-state index in [9.17, 15) is 9.59 Å². The summed E-state index contributed by atoms with van der Waals surface area (Å²) in [7, 11) is 0.